The Bertz CT molecular complexity index is 428. The second kappa shape index (κ2) is 4.53. The molecule has 1 aromatic carbocycles. The van der Waals surface area contributed by atoms with Crippen molar-refractivity contribution in [3.63, 3.8) is 0 Å². The van der Waals surface area contributed by atoms with Gasteiger partial charge in [0.15, 0.2) is 0 Å². The Morgan fingerprint density at radius 3 is 2.44 bits per heavy atom. The monoisotopic (exact) mass is 242 g/mol. The smallest absolute Gasteiger partial charge is 0.142 e. The fraction of sp³-hybridized carbons (Fsp3) is 0.588. The minimum atomic E-state index is -0.00749. The van der Waals surface area contributed by atoms with Gasteiger partial charge in [-0.2, -0.15) is 0 Å². The summed E-state index contributed by atoms with van der Waals surface area (Å²) >= 11 is 0. The number of carbonyl (C=O) groups excluding carboxylic acids is 1. The predicted molar refractivity (Wildman–Crippen MR) is 73.5 cm³/mol. The van der Waals surface area contributed by atoms with Gasteiger partial charge < -0.3 is 0 Å². The van der Waals surface area contributed by atoms with E-state index in [0.717, 1.165) is 19.3 Å². The molecule has 2 aliphatic rings. The molecule has 2 unspecified atom stereocenters. The maximum absolute atomic E-state index is 12.7. The third-order valence-electron chi connectivity index (χ3n) is 4.91. The Hall–Kier alpha value is -1.11. The minimum Gasteiger partial charge on any atom is -0.299 e. The quantitative estimate of drug-likeness (QED) is 0.771. The highest BCUT2D eigenvalue weighted by Gasteiger charge is 2.49. The molecule has 2 aliphatic carbocycles. The molecule has 1 nitrogen and oxygen atoms in total. The number of carbonyl (C=O) groups is 1. The lowest BCUT2D eigenvalue weighted by Crippen LogP contribution is -2.31. The van der Waals surface area contributed by atoms with Crippen molar-refractivity contribution in [3.05, 3.63) is 35.9 Å². The molecule has 0 saturated heterocycles. The van der Waals surface area contributed by atoms with E-state index in [-0.39, 0.29) is 5.41 Å². The zero-order valence-corrected chi connectivity index (χ0v) is 11.2. The van der Waals surface area contributed by atoms with Gasteiger partial charge in [0.1, 0.15) is 5.78 Å². The maximum atomic E-state index is 12.7. The molecule has 0 aromatic heterocycles. The summed E-state index contributed by atoms with van der Waals surface area (Å²) in [5.41, 5.74) is 1.35. The molecule has 1 heteroatoms. The van der Waals surface area contributed by atoms with Gasteiger partial charge >= 0.3 is 0 Å². The molecule has 0 aliphatic heterocycles. The summed E-state index contributed by atoms with van der Waals surface area (Å²) in [6, 6.07) is 10.5. The average Bonchev–Trinajstić information content (AvgIpc) is 3.20. The molecule has 1 aromatic rings. The van der Waals surface area contributed by atoms with Gasteiger partial charge in [0, 0.05) is 11.3 Å². The molecule has 2 fully saturated rings. The predicted octanol–water partition coefficient (Wildman–Crippen LogP) is 4.33. The van der Waals surface area contributed by atoms with Gasteiger partial charge in [0.05, 0.1) is 0 Å². The largest absolute Gasteiger partial charge is 0.299 e. The molecular formula is C17H22O. The maximum Gasteiger partial charge on any atom is 0.142 e. The number of rotatable bonds is 3. The van der Waals surface area contributed by atoms with Crippen molar-refractivity contribution in [2.24, 2.45) is 11.3 Å². The SMILES string of the molecule is CC1(C(=O)C2CC2c2ccccc2)CCCCC1. The molecular weight excluding hydrogens is 220 g/mol. The van der Waals surface area contributed by atoms with Crippen molar-refractivity contribution in [2.75, 3.05) is 0 Å². The Labute approximate surface area is 110 Å². The van der Waals surface area contributed by atoms with Crippen LogP contribution in [0.5, 0.6) is 0 Å². The van der Waals surface area contributed by atoms with Crippen molar-refractivity contribution in [1.82, 2.24) is 0 Å². The molecule has 2 saturated carbocycles. The van der Waals surface area contributed by atoms with Crippen LogP contribution in [0.1, 0.15) is 56.9 Å². The van der Waals surface area contributed by atoms with Crippen molar-refractivity contribution in [2.45, 2.75) is 51.4 Å². The number of benzene rings is 1. The van der Waals surface area contributed by atoms with Gasteiger partial charge in [-0.1, -0.05) is 56.5 Å². The summed E-state index contributed by atoms with van der Waals surface area (Å²) in [4.78, 5) is 12.7. The second-order valence-electron chi connectivity index (χ2n) is 6.34. The molecule has 0 radical (unpaired) electrons. The van der Waals surface area contributed by atoms with E-state index < -0.39 is 0 Å². The first-order chi connectivity index (χ1) is 8.71. The molecule has 0 N–H and O–H groups in total. The first-order valence-corrected chi connectivity index (χ1v) is 7.30. The topological polar surface area (TPSA) is 17.1 Å². The molecule has 0 bridgehead atoms. The van der Waals surface area contributed by atoms with Gasteiger partial charge in [-0.3, -0.25) is 4.79 Å². The number of hydrogen-bond acceptors (Lipinski definition) is 1. The van der Waals surface area contributed by atoms with E-state index in [0.29, 0.717) is 17.6 Å². The third kappa shape index (κ3) is 2.11. The summed E-state index contributed by atoms with van der Waals surface area (Å²) in [7, 11) is 0. The van der Waals surface area contributed by atoms with Gasteiger partial charge in [0.25, 0.3) is 0 Å². The summed E-state index contributed by atoms with van der Waals surface area (Å²) < 4.78 is 0. The summed E-state index contributed by atoms with van der Waals surface area (Å²) in [5.74, 6) is 1.38. The number of ketones is 1. The van der Waals surface area contributed by atoms with Crippen LogP contribution in [0.4, 0.5) is 0 Å². The van der Waals surface area contributed by atoms with E-state index in [2.05, 4.69) is 31.2 Å². The van der Waals surface area contributed by atoms with Crippen LogP contribution in [-0.2, 0) is 4.79 Å². The Balaban J connectivity index is 1.69. The zero-order valence-electron chi connectivity index (χ0n) is 11.2. The highest BCUT2D eigenvalue weighted by Crippen LogP contribution is 2.53. The normalized spacial score (nSPS) is 29.8. The van der Waals surface area contributed by atoms with Crippen molar-refractivity contribution in [1.29, 1.82) is 0 Å². The van der Waals surface area contributed by atoms with Crippen LogP contribution in [0, 0.1) is 11.3 Å². The molecule has 3 rings (SSSR count). The highest BCUT2D eigenvalue weighted by molar-refractivity contribution is 5.90. The van der Waals surface area contributed by atoms with Crippen molar-refractivity contribution in [3.8, 4) is 0 Å². The lowest BCUT2D eigenvalue weighted by atomic mass is 9.71. The van der Waals surface area contributed by atoms with E-state index in [4.69, 9.17) is 0 Å². The van der Waals surface area contributed by atoms with Gasteiger partial charge in [0.2, 0.25) is 0 Å². The molecule has 0 spiro atoms. The Kier molecular flexibility index (Phi) is 3.01. The van der Waals surface area contributed by atoms with E-state index >= 15 is 0 Å². The highest BCUT2D eigenvalue weighted by atomic mass is 16.1. The van der Waals surface area contributed by atoms with Crippen molar-refractivity contribution < 1.29 is 4.79 Å². The molecule has 2 atom stereocenters. The van der Waals surface area contributed by atoms with Crippen LogP contribution in [0.2, 0.25) is 0 Å². The van der Waals surface area contributed by atoms with Crippen molar-refractivity contribution >= 4 is 5.78 Å². The van der Waals surface area contributed by atoms with Crippen LogP contribution in [0.25, 0.3) is 0 Å². The molecule has 18 heavy (non-hydrogen) atoms. The van der Waals surface area contributed by atoms with Crippen LogP contribution < -0.4 is 0 Å². The lowest BCUT2D eigenvalue weighted by molar-refractivity contribution is -0.131. The van der Waals surface area contributed by atoms with E-state index in [1.165, 1.54) is 24.8 Å². The molecule has 96 valence electrons. The van der Waals surface area contributed by atoms with E-state index in [1.54, 1.807) is 0 Å². The minimum absolute atomic E-state index is 0.00749. The number of Topliss-reactive ketones (excluding diaryl/α,β-unsaturated/α-hetero) is 1. The van der Waals surface area contributed by atoms with Crippen LogP contribution >= 0.6 is 0 Å². The average molecular weight is 242 g/mol. The number of hydrogen-bond donors (Lipinski definition) is 0. The summed E-state index contributed by atoms with van der Waals surface area (Å²) in [5, 5.41) is 0. The van der Waals surface area contributed by atoms with Gasteiger partial charge in [-0.15, -0.1) is 0 Å². The molecule has 0 amide bonds. The molecule has 0 heterocycles. The first-order valence-electron chi connectivity index (χ1n) is 7.30. The zero-order chi connectivity index (χ0) is 12.6. The van der Waals surface area contributed by atoms with Gasteiger partial charge in [-0.25, -0.2) is 0 Å². The van der Waals surface area contributed by atoms with Crippen LogP contribution in [0.3, 0.4) is 0 Å². The summed E-state index contributed by atoms with van der Waals surface area (Å²) in [6.07, 6.45) is 7.11. The van der Waals surface area contributed by atoms with Gasteiger partial charge in [-0.05, 0) is 30.7 Å². The Morgan fingerprint density at radius 2 is 1.78 bits per heavy atom. The second-order valence-corrected chi connectivity index (χ2v) is 6.34. The van der Waals surface area contributed by atoms with E-state index in [9.17, 15) is 4.79 Å². The fourth-order valence-electron chi connectivity index (χ4n) is 3.58. The summed E-state index contributed by atoms with van der Waals surface area (Å²) in [6.45, 7) is 2.20. The fourth-order valence-corrected chi connectivity index (χ4v) is 3.58. The standard InChI is InChI=1S/C17H22O/c1-17(10-6-3-7-11-17)16(18)15-12-14(15)13-8-4-2-5-9-13/h2,4-5,8-9,14-15H,3,6-7,10-12H2,1H3. The third-order valence-corrected chi connectivity index (χ3v) is 4.91. The van der Waals surface area contributed by atoms with Crippen LogP contribution in [0.15, 0.2) is 30.3 Å². The van der Waals surface area contributed by atoms with E-state index in [1.807, 2.05) is 6.07 Å². The Morgan fingerprint density at radius 1 is 1.11 bits per heavy atom. The lowest BCUT2D eigenvalue weighted by Gasteiger charge is -2.32. The van der Waals surface area contributed by atoms with Crippen LogP contribution in [-0.4, -0.2) is 5.78 Å². The first kappa shape index (κ1) is 12.0.